The molecular weight excluding hydrogens is 389 g/mol. The molecule has 2 N–H and O–H groups in total. The minimum Gasteiger partial charge on any atom is -0.481 e. The molecule has 0 aliphatic carbocycles. The normalized spacial score (nSPS) is 12.4. The van der Waals surface area contributed by atoms with Crippen molar-refractivity contribution in [2.75, 3.05) is 11.9 Å². The number of ether oxygens (including phenoxy) is 1. The molecule has 0 bridgehead atoms. The number of hydrogen-bond acceptors (Lipinski definition) is 5. The molecule has 3 aromatic carbocycles. The highest BCUT2D eigenvalue weighted by Gasteiger charge is 2.16. The summed E-state index contributed by atoms with van der Waals surface area (Å²) in [6.45, 7) is 1.49. The second-order valence-corrected chi connectivity index (χ2v) is 7.47. The fourth-order valence-corrected chi connectivity index (χ4v) is 3.78. The standard InChI is InChI=1S/C22H18FN3O2S/c1-14(25-26-22(27)13-28-19-8-4-2-6-16(19)23)15-10-11-21-18(12-15)24-17-7-3-5-9-20(17)29-21/h2-12,24H,13H2,1H3,(H,26,27). The minimum absolute atomic E-state index is 0.0295. The van der Waals surface area contributed by atoms with Gasteiger partial charge in [0.25, 0.3) is 5.91 Å². The predicted octanol–water partition coefficient (Wildman–Crippen LogP) is 4.95. The van der Waals surface area contributed by atoms with Gasteiger partial charge in [-0.15, -0.1) is 0 Å². The maximum Gasteiger partial charge on any atom is 0.277 e. The van der Waals surface area contributed by atoms with Crippen molar-refractivity contribution in [3.8, 4) is 5.75 Å². The Kier molecular flexibility index (Phi) is 5.48. The lowest BCUT2D eigenvalue weighted by Crippen LogP contribution is -2.25. The predicted molar refractivity (Wildman–Crippen MR) is 113 cm³/mol. The first-order valence-corrected chi connectivity index (χ1v) is 9.80. The zero-order valence-corrected chi connectivity index (χ0v) is 16.4. The monoisotopic (exact) mass is 407 g/mol. The lowest BCUT2D eigenvalue weighted by atomic mass is 10.1. The Morgan fingerprint density at radius 2 is 1.83 bits per heavy atom. The van der Waals surface area contributed by atoms with Gasteiger partial charge < -0.3 is 10.1 Å². The third-order valence-electron chi connectivity index (χ3n) is 4.32. The van der Waals surface area contributed by atoms with E-state index in [4.69, 9.17) is 4.74 Å². The summed E-state index contributed by atoms with van der Waals surface area (Å²) in [4.78, 5) is 14.3. The summed E-state index contributed by atoms with van der Waals surface area (Å²) < 4.78 is 18.7. The van der Waals surface area contributed by atoms with E-state index in [1.165, 1.54) is 17.0 Å². The number of anilines is 2. The number of hydrogen-bond donors (Lipinski definition) is 2. The van der Waals surface area contributed by atoms with Crippen LogP contribution < -0.4 is 15.5 Å². The average molecular weight is 407 g/mol. The number of nitrogens with one attached hydrogen (secondary N) is 2. The molecule has 0 aromatic heterocycles. The van der Waals surface area contributed by atoms with Gasteiger partial charge in [-0.1, -0.05) is 42.1 Å². The van der Waals surface area contributed by atoms with Crippen molar-refractivity contribution in [3.05, 3.63) is 78.1 Å². The fourth-order valence-electron chi connectivity index (χ4n) is 2.81. The molecule has 0 fully saturated rings. The Hall–Kier alpha value is -3.32. The highest BCUT2D eigenvalue weighted by molar-refractivity contribution is 7.99. The van der Waals surface area contributed by atoms with Crippen LogP contribution in [0.5, 0.6) is 5.75 Å². The van der Waals surface area contributed by atoms with Crippen LogP contribution in [0.2, 0.25) is 0 Å². The zero-order chi connectivity index (χ0) is 20.2. The lowest BCUT2D eigenvalue weighted by Gasteiger charge is -2.21. The smallest absolute Gasteiger partial charge is 0.277 e. The summed E-state index contributed by atoms with van der Waals surface area (Å²) in [5, 5.41) is 7.56. The first-order valence-electron chi connectivity index (χ1n) is 8.99. The van der Waals surface area contributed by atoms with Crippen LogP contribution in [0.25, 0.3) is 0 Å². The molecular formula is C22H18FN3O2S. The maximum atomic E-state index is 13.5. The first-order chi connectivity index (χ1) is 14.1. The van der Waals surface area contributed by atoms with Gasteiger partial charge in [0.15, 0.2) is 18.2 Å². The van der Waals surface area contributed by atoms with E-state index in [2.05, 4.69) is 21.9 Å². The van der Waals surface area contributed by atoms with Crippen molar-refractivity contribution >= 4 is 34.8 Å². The summed E-state index contributed by atoms with van der Waals surface area (Å²) in [6.07, 6.45) is 0. The Labute approximate surface area is 172 Å². The van der Waals surface area contributed by atoms with Crippen LogP contribution in [0.15, 0.2) is 81.6 Å². The lowest BCUT2D eigenvalue weighted by molar-refractivity contribution is -0.123. The van der Waals surface area contributed by atoms with Crippen molar-refractivity contribution in [3.63, 3.8) is 0 Å². The molecule has 3 aromatic rings. The molecule has 0 unspecified atom stereocenters. The van der Waals surface area contributed by atoms with Crippen LogP contribution in [0.1, 0.15) is 12.5 Å². The number of para-hydroxylation sites is 2. The van der Waals surface area contributed by atoms with Crippen LogP contribution in [0, 0.1) is 5.82 Å². The Bertz CT molecular complexity index is 1100. The van der Waals surface area contributed by atoms with Crippen LogP contribution in [-0.4, -0.2) is 18.2 Å². The topological polar surface area (TPSA) is 62.7 Å². The molecule has 1 aliphatic rings. The number of benzene rings is 3. The second kappa shape index (κ2) is 8.36. The third-order valence-corrected chi connectivity index (χ3v) is 5.47. The number of halogens is 1. The van der Waals surface area contributed by atoms with Gasteiger partial charge in [-0.2, -0.15) is 5.10 Å². The summed E-state index contributed by atoms with van der Waals surface area (Å²) in [5.41, 5.74) is 6.03. The van der Waals surface area contributed by atoms with E-state index >= 15 is 0 Å². The molecule has 146 valence electrons. The number of nitrogens with zero attached hydrogens (tertiary/aromatic N) is 1. The molecule has 4 rings (SSSR count). The Morgan fingerprint density at radius 1 is 1.07 bits per heavy atom. The van der Waals surface area contributed by atoms with Gasteiger partial charge in [-0.25, -0.2) is 9.82 Å². The van der Waals surface area contributed by atoms with E-state index in [9.17, 15) is 9.18 Å². The molecule has 0 spiro atoms. The highest BCUT2D eigenvalue weighted by atomic mass is 32.2. The SMILES string of the molecule is CC(=NNC(=O)COc1ccccc1F)c1ccc2c(c1)Nc1ccccc1S2. The molecule has 0 saturated carbocycles. The van der Waals surface area contributed by atoms with Gasteiger partial charge in [-0.05, 0) is 48.9 Å². The van der Waals surface area contributed by atoms with Crippen molar-refractivity contribution in [2.24, 2.45) is 5.10 Å². The third kappa shape index (κ3) is 4.41. The molecule has 5 nitrogen and oxygen atoms in total. The van der Waals surface area contributed by atoms with Crippen molar-refractivity contribution in [2.45, 2.75) is 16.7 Å². The van der Waals surface area contributed by atoms with Crippen molar-refractivity contribution < 1.29 is 13.9 Å². The second-order valence-electron chi connectivity index (χ2n) is 6.39. The Morgan fingerprint density at radius 3 is 2.69 bits per heavy atom. The van der Waals surface area contributed by atoms with Gasteiger partial charge in [-0.3, -0.25) is 4.79 Å². The molecule has 1 amide bonds. The summed E-state index contributed by atoms with van der Waals surface area (Å²) in [5.74, 6) is -0.948. The minimum atomic E-state index is -0.513. The van der Waals surface area contributed by atoms with Gasteiger partial charge >= 0.3 is 0 Å². The quantitative estimate of drug-likeness (QED) is 0.363. The number of carbonyl (C=O) groups is 1. The van der Waals surface area contributed by atoms with Crippen molar-refractivity contribution in [1.29, 1.82) is 0 Å². The molecule has 0 radical (unpaired) electrons. The van der Waals surface area contributed by atoms with E-state index in [-0.39, 0.29) is 12.4 Å². The largest absolute Gasteiger partial charge is 0.481 e. The number of fused-ring (bicyclic) bond motifs is 2. The first kappa shape index (κ1) is 19.0. The number of carbonyl (C=O) groups excluding carboxylic acids is 1. The van der Waals surface area contributed by atoms with Crippen LogP contribution in [0.3, 0.4) is 0 Å². The summed E-state index contributed by atoms with van der Waals surface area (Å²) in [6, 6.07) is 20.0. The van der Waals surface area contributed by atoms with Gasteiger partial charge in [0.2, 0.25) is 0 Å². The van der Waals surface area contributed by atoms with Gasteiger partial charge in [0.05, 0.1) is 17.1 Å². The van der Waals surface area contributed by atoms with Gasteiger partial charge in [0.1, 0.15) is 0 Å². The summed E-state index contributed by atoms with van der Waals surface area (Å²) in [7, 11) is 0. The molecule has 29 heavy (non-hydrogen) atoms. The molecule has 7 heteroatoms. The number of rotatable bonds is 5. The number of amides is 1. The number of hydrazone groups is 1. The molecule has 0 atom stereocenters. The maximum absolute atomic E-state index is 13.5. The van der Waals surface area contributed by atoms with E-state index in [1.807, 2.05) is 43.3 Å². The van der Waals surface area contributed by atoms with Crippen LogP contribution in [-0.2, 0) is 4.79 Å². The van der Waals surface area contributed by atoms with E-state index in [1.54, 1.807) is 23.9 Å². The Balaban J connectivity index is 1.39. The molecule has 1 heterocycles. The van der Waals surface area contributed by atoms with Crippen molar-refractivity contribution in [1.82, 2.24) is 5.43 Å². The molecule has 0 saturated heterocycles. The van der Waals surface area contributed by atoms with E-state index in [0.29, 0.717) is 5.71 Å². The van der Waals surface area contributed by atoms with E-state index in [0.717, 1.165) is 21.8 Å². The summed E-state index contributed by atoms with van der Waals surface area (Å²) >= 11 is 1.71. The highest BCUT2D eigenvalue weighted by Crippen LogP contribution is 2.44. The fraction of sp³-hybridized carbons (Fsp3) is 0.0909. The van der Waals surface area contributed by atoms with Crippen LogP contribution >= 0.6 is 11.8 Å². The van der Waals surface area contributed by atoms with Crippen LogP contribution in [0.4, 0.5) is 15.8 Å². The zero-order valence-electron chi connectivity index (χ0n) is 15.6. The van der Waals surface area contributed by atoms with Gasteiger partial charge in [0, 0.05) is 9.79 Å². The average Bonchev–Trinajstić information content (AvgIpc) is 2.75. The van der Waals surface area contributed by atoms with E-state index < -0.39 is 11.7 Å². The molecule has 1 aliphatic heterocycles.